The zero-order valence-corrected chi connectivity index (χ0v) is 18.4. The van der Waals surface area contributed by atoms with E-state index in [9.17, 15) is 9.59 Å². The number of aromatic nitrogens is 3. The number of fused-ring (bicyclic) bond motifs is 2. The quantitative estimate of drug-likeness (QED) is 0.351. The fraction of sp³-hybridized carbons (Fsp3) is 0.217. The molecule has 0 spiro atoms. The number of para-hydroxylation sites is 2. The maximum absolute atomic E-state index is 12.9. The van der Waals surface area contributed by atoms with Crippen LogP contribution in [0, 0.1) is 13.8 Å². The molecular weight excluding hydrogens is 430 g/mol. The van der Waals surface area contributed by atoms with E-state index in [0.29, 0.717) is 32.6 Å². The van der Waals surface area contributed by atoms with Gasteiger partial charge in [0.15, 0.2) is 23.4 Å². The van der Waals surface area contributed by atoms with Crippen molar-refractivity contribution in [2.24, 2.45) is 0 Å². The Morgan fingerprint density at radius 1 is 1.22 bits per heavy atom. The molecular formula is C23H19N3O5S. The van der Waals surface area contributed by atoms with Crippen molar-refractivity contribution in [3.05, 3.63) is 73.8 Å². The monoisotopic (exact) mass is 449 g/mol. The average molecular weight is 449 g/mol. The molecule has 162 valence electrons. The topological polar surface area (TPSA) is 92.0 Å². The number of esters is 1. The Labute approximate surface area is 186 Å². The molecule has 0 N–H and O–H groups in total. The standard InChI is InChI=1S/C23H19N3O5S/c1-12-8-15(9-13(2)20(12)30-14(3)27)10-19-22(28)26-23(32-19)24-21(25-26)18-11-29-16-6-4-5-7-17(16)31-18/h4-10,18H,11H2,1-3H3/b19-10-. The van der Waals surface area contributed by atoms with Gasteiger partial charge >= 0.3 is 5.97 Å². The zero-order chi connectivity index (χ0) is 22.4. The molecule has 0 aliphatic carbocycles. The maximum atomic E-state index is 12.9. The van der Waals surface area contributed by atoms with Crippen LogP contribution in [0.25, 0.3) is 11.0 Å². The van der Waals surface area contributed by atoms with Crippen molar-refractivity contribution in [1.82, 2.24) is 14.6 Å². The second-order valence-corrected chi connectivity index (χ2v) is 8.53. The smallest absolute Gasteiger partial charge is 0.308 e. The molecule has 0 saturated heterocycles. The van der Waals surface area contributed by atoms with Gasteiger partial charge in [0.05, 0.1) is 4.53 Å². The Hall–Kier alpha value is -3.72. The normalized spacial score (nSPS) is 15.8. The summed E-state index contributed by atoms with van der Waals surface area (Å²) in [5.74, 6) is 1.89. The van der Waals surface area contributed by atoms with E-state index in [1.54, 1.807) is 6.08 Å². The summed E-state index contributed by atoms with van der Waals surface area (Å²) in [7, 11) is 0. The van der Waals surface area contributed by atoms with Gasteiger partial charge < -0.3 is 14.2 Å². The lowest BCUT2D eigenvalue weighted by atomic mass is 10.1. The summed E-state index contributed by atoms with van der Waals surface area (Å²) in [5, 5.41) is 4.37. The summed E-state index contributed by atoms with van der Waals surface area (Å²) in [4.78, 5) is 29.2. The molecule has 3 heterocycles. The molecule has 5 rings (SSSR count). The van der Waals surface area contributed by atoms with Gasteiger partial charge in [-0.25, -0.2) is 0 Å². The first-order valence-corrected chi connectivity index (χ1v) is 10.8. The highest BCUT2D eigenvalue weighted by molar-refractivity contribution is 7.15. The van der Waals surface area contributed by atoms with Gasteiger partial charge in [0.1, 0.15) is 12.4 Å². The van der Waals surface area contributed by atoms with E-state index >= 15 is 0 Å². The Morgan fingerprint density at radius 3 is 2.62 bits per heavy atom. The predicted molar refractivity (Wildman–Crippen MR) is 118 cm³/mol. The number of hydrogen-bond acceptors (Lipinski definition) is 8. The lowest BCUT2D eigenvalue weighted by molar-refractivity contribution is -0.131. The first-order valence-electron chi connectivity index (χ1n) is 9.98. The van der Waals surface area contributed by atoms with E-state index in [2.05, 4.69) is 10.1 Å². The second-order valence-electron chi connectivity index (χ2n) is 7.52. The molecule has 1 aliphatic rings. The molecule has 32 heavy (non-hydrogen) atoms. The summed E-state index contributed by atoms with van der Waals surface area (Å²) >= 11 is 1.26. The van der Waals surface area contributed by atoms with E-state index < -0.39 is 6.10 Å². The van der Waals surface area contributed by atoms with Crippen LogP contribution in [0.1, 0.15) is 35.5 Å². The Bertz CT molecular complexity index is 1450. The van der Waals surface area contributed by atoms with Gasteiger partial charge in [-0.05, 0) is 60.9 Å². The van der Waals surface area contributed by atoms with E-state index in [4.69, 9.17) is 14.2 Å². The molecule has 0 bridgehead atoms. The number of hydrogen-bond donors (Lipinski definition) is 0. The number of carbonyl (C=O) groups is 1. The van der Waals surface area contributed by atoms with Gasteiger partial charge in [-0.3, -0.25) is 9.59 Å². The molecule has 0 radical (unpaired) electrons. The maximum Gasteiger partial charge on any atom is 0.308 e. The summed E-state index contributed by atoms with van der Waals surface area (Å²) in [5.41, 5.74) is 2.21. The number of ether oxygens (including phenoxy) is 3. The first-order chi connectivity index (χ1) is 15.4. The minimum Gasteiger partial charge on any atom is -0.485 e. The van der Waals surface area contributed by atoms with Crippen LogP contribution in [0.3, 0.4) is 0 Å². The fourth-order valence-electron chi connectivity index (χ4n) is 3.66. The van der Waals surface area contributed by atoms with Crippen molar-refractivity contribution in [2.45, 2.75) is 26.9 Å². The molecule has 1 unspecified atom stereocenters. The lowest BCUT2D eigenvalue weighted by Crippen LogP contribution is -2.26. The average Bonchev–Trinajstić information content (AvgIpc) is 3.30. The number of benzene rings is 2. The Kier molecular flexibility index (Phi) is 4.90. The van der Waals surface area contributed by atoms with Crippen molar-refractivity contribution in [3.8, 4) is 17.2 Å². The molecule has 4 aromatic rings. The van der Waals surface area contributed by atoms with Gasteiger partial charge in [-0.2, -0.15) is 9.50 Å². The van der Waals surface area contributed by atoms with Gasteiger partial charge in [0, 0.05) is 6.92 Å². The zero-order valence-electron chi connectivity index (χ0n) is 17.6. The summed E-state index contributed by atoms with van der Waals surface area (Å²) in [6.45, 7) is 5.37. The largest absolute Gasteiger partial charge is 0.485 e. The van der Waals surface area contributed by atoms with Gasteiger partial charge in [0.2, 0.25) is 4.96 Å². The predicted octanol–water partition coefficient (Wildman–Crippen LogP) is 2.75. The summed E-state index contributed by atoms with van der Waals surface area (Å²) in [6.07, 6.45) is 1.31. The van der Waals surface area contributed by atoms with Crippen LogP contribution in [0.15, 0.2) is 41.2 Å². The van der Waals surface area contributed by atoms with E-state index in [-0.39, 0.29) is 18.1 Å². The molecule has 1 atom stereocenters. The lowest BCUT2D eigenvalue weighted by Gasteiger charge is -2.24. The molecule has 0 fully saturated rings. The van der Waals surface area contributed by atoms with Crippen LogP contribution < -0.4 is 24.3 Å². The molecule has 8 nitrogen and oxygen atoms in total. The molecule has 2 aromatic heterocycles. The van der Waals surface area contributed by atoms with Crippen LogP contribution in [0.4, 0.5) is 0 Å². The SMILES string of the molecule is CC(=O)Oc1c(C)cc(/C=c2\sc3nc(C4COc5ccccc5O4)nn3c2=O)cc1C. The molecule has 2 aromatic carbocycles. The van der Waals surface area contributed by atoms with Gasteiger partial charge in [-0.15, -0.1) is 5.10 Å². The van der Waals surface area contributed by atoms with Crippen LogP contribution >= 0.6 is 11.3 Å². The molecule has 1 aliphatic heterocycles. The van der Waals surface area contributed by atoms with Crippen molar-refractivity contribution < 1.29 is 19.0 Å². The van der Waals surface area contributed by atoms with E-state index in [1.807, 2.05) is 50.2 Å². The van der Waals surface area contributed by atoms with Crippen molar-refractivity contribution in [2.75, 3.05) is 6.61 Å². The van der Waals surface area contributed by atoms with E-state index in [1.165, 1.54) is 22.8 Å². The Morgan fingerprint density at radius 2 is 1.94 bits per heavy atom. The van der Waals surface area contributed by atoms with Crippen LogP contribution in [0.2, 0.25) is 0 Å². The number of rotatable bonds is 3. The highest BCUT2D eigenvalue weighted by atomic mass is 32.1. The van der Waals surface area contributed by atoms with Gasteiger partial charge in [-0.1, -0.05) is 23.5 Å². The third-order valence-corrected chi connectivity index (χ3v) is 5.98. The van der Waals surface area contributed by atoms with Crippen LogP contribution in [-0.2, 0) is 4.79 Å². The fourth-order valence-corrected chi connectivity index (χ4v) is 4.57. The minimum atomic E-state index is -0.483. The van der Waals surface area contributed by atoms with Crippen molar-refractivity contribution in [1.29, 1.82) is 0 Å². The summed E-state index contributed by atoms with van der Waals surface area (Å²) < 4.78 is 18.7. The number of thiazole rings is 1. The van der Waals surface area contributed by atoms with Crippen molar-refractivity contribution in [3.63, 3.8) is 0 Å². The molecule has 9 heteroatoms. The van der Waals surface area contributed by atoms with Crippen LogP contribution in [0.5, 0.6) is 17.2 Å². The number of aryl methyl sites for hydroxylation is 2. The van der Waals surface area contributed by atoms with E-state index in [0.717, 1.165) is 16.7 Å². The highest BCUT2D eigenvalue weighted by Crippen LogP contribution is 2.35. The third kappa shape index (κ3) is 3.60. The third-order valence-electron chi connectivity index (χ3n) is 5.02. The number of nitrogens with zero attached hydrogens (tertiary/aromatic N) is 3. The Balaban J connectivity index is 1.47. The minimum absolute atomic E-state index is 0.250. The molecule has 0 saturated carbocycles. The molecule has 0 amide bonds. The van der Waals surface area contributed by atoms with Crippen molar-refractivity contribution >= 4 is 28.3 Å². The summed E-state index contributed by atoms with van der Waals surface area (Å²) in [6, 6.07) is 11.1. The second kappa shape index (κ2) is 7.76. The van der Waals surface area contributed by atoms with Crippen LogP contribution in [-0.4, -0.2) is 27.2 Å². The highest BCUT2D eigenvalue weighted by Gasteiger charge is 2.27. The van der Waals surface area contributed by atoms with Gasteiger partial charge in [0.25, 0.3) is 5.56 Å². The number of carbonyl (C=O) groups excluding carboxylic acids is 1. The first kappa shape index (κ1) is 20.2.